The number of rotatable bonds is 7. The lowest BCUT2D eigenvalue weighted by atomic mass is 9.92. The molecule has 5 rings (SSSR count). The number of carbonyl (C=O) groups excluding carboxylic acids is 2. The Bertz CT molecular complexity index is 1610. The summed E-state index contributed by atoms with van der Waals surface area (Å²) in [4.78, 5) is 33.4. The van der Waals surface area contributed by atoms with E-state index in [0.29, 0.717) is 34.8 Å². The van der Waals surface area contributed by atoms with Crippen molar-refractivity contribution in [1.29, 1.82) is 0 Å². The molecule has 1 atom stereocenters. The zero-order valence-electron chi connectivity index (χ0n) is 25.4. The highest BCUT2D eigenvalue weighted by Gasteiger charge is 2.34. The van der Waals surface area contributed by atoms with Crippen molar-refractivity contribution in [1.82, 2.24) is 9.55 Å². The first kappa shape index (κ1) is 29.7. The third-order valence-electron chi connectivity index (χ3n) is 7.74. The maximum absolute atomic E-state index is 13.8. The first-order valence-corrected chi connectivity index (χ1v) is 17.4. The van der Waals surface area contributed by atoms with Gasteiger partial charge in [0.05, 0.1) is 28.0 Å². The van der Waals surface area contributed by atoms with E-state index in [2.05, 4.69) is 66.7 Å². The molecule has 2 aromatic carbocycles. The van der Waals surface area contributed by atoms with Crippen LogP contribution in [0.4, 0.5) is 11.4 Å². The Kier molecular flexibility index (Phi) is 8.66. The first-order valence-electron chi connectivity index (χ1n) is 14.6. The van der Waals surface area contributed by atoms with E-state index in [1.807, 2.05) is 36.4 Å². The standard InChI is InChI=1S/C33H40N4O4Si/c1-33(2,3)32-35-29-25(14-11-16-28(29)37(32)21-41-42(5)6)34-31(39)23-17-18-27(24(20-38)30(23)40-4)36-19-10-9-13-22-12-7-8-15-26(22)36/h7-8,11-12,14-18,30,42H,9-10,13,19,21H2,1-6H3,(H,34,39). The number of benzene rings is 2. The molecule has 1 amide bonds. The number of imidazole rings is 1. The second-order valence-electron chi connectivity index (χ2n) is 12.1. The molecule has 1 aromatic heterocycles. The average Bonchev–Trinajstić information content (AvgIpc) is 3.23. The van der Waals surface area contributed by atoms with Crippen molar-refractivity contribution in [3.8, 4) is 0 Å². The lowest BCUT2D eigenvalue weighted by Gasteiger charge is -2.32. The summed E-state index contributed by atoms with van der Waals surface area (Å²) in [5.74, 6) is 2.65. The highest BCUT2D eigenvalue weighted by molar-refractivity contribution is 6.48. The fraction of sp³-hybridized carbons (Fsp3) is 0.394. The third-order valence-corrected chi connectivity index (χ3v) is 8.55. The molecule has 3 aromatic rings. The minimum Gasteiger partial charge on any atom is -0.403 e. The van der Waals surface area contributed by atoms with Gasteiger partial charge in [-0.1, -0.05) is 45.0 Å². The van der Waals surface area contributed by atoms with Crippen LogP contribution in [0.3, 0.4) is 0 Å². The maximum Gasteiger partial charge on any atom is 0.254 e. The molecule has 1 aliphatic heterocycles. The van der Waals surface area contributed by atoms with Crippen LogP contribution in [0.1, 0.15) is 45.0 Å². The van der Waals surface area contributed by atoms with E-state index >= 15 is 0 Å². The molecule has 2 aliphatic rings. The lowest BCUT2D eigenvalue weighted by Crippen LogP contribution is -2.35. The summed E-state index contributed by atoms with van der Waals surface area (Å²) < 4.78 is 14.0. The van der Waals surface area contributed by atoms with E-state index in [0.717, 1.165) is 42.8 Å². The number of amides is 1. The van der Waals surface area contributed by atoms with Crippen LogP contribution in [-0.2, 0) is 37.3 Å². The second kappa shape index (κ2) is 12.2. The van der Waals surface area contributed by atoms with Crippen molar-refractivity contribution in [3.05, 3.63) is 82.8 Å². The van der Waals surface area contributed by atoms with Crippen molar-refractivity contribution in [2.24, 2.45) is 0 Å². The van der Waals surface area contributed by atoms with Gasteiger partial charge in [-0.3, -0.25) is 4.79 Å². The highest BCUT2D eigenvalue weighted by atomic mass is 28.3. The Labute approximate surface area is 249 Å². The molecule has 0 saturated carbocycles. The van der Waals surface area contributed by atoms with Crippen molar-refractivity contribution in [2.75, 3.05) is 23.9 Å². The molecule has 9 heteroatoms. The van der Waals surface area contributed by atoms with Crippen molar-refractivity contribution in [2.45, 2.75) is 71.4 Å². The van der Waals surface area contributed by atoms with Crippen molar-refractivity contribution in [3.63, 3.8) is 0 Å². The molecule has 1 N–H and O–H groups in total. The Hall–Kier alpha value is -3.75. The minimum absolute atomic E-state index is 0.230. The summed E-state index contributed by atoms with van der Waals surface area (Å²) in [6.07, 6.45) is 5.79. The SMILES string of the molecule is COC1C(=C=O)C(N2CCCCc3ccccc32)=CC=C1C(=O)Nc1cccc2c1nc(C(C)(C)C)n2CO[SiH](C)C. The number of hydrogen-bond donors (Lipinski definition) is 1. The largest absolute Gasteiger partial charge is 0.403 e. The zero-order chi connectivity index (χ0) is 30.0. The number of ether oxygens (including phenoxy) is 1. The summed E-state index contributed by atoms with van der Waals surface area (Å²) >= 11 is 0. The zero-order valence-corrected chi connectivity index (χ0v) is 26.5. The third kappa shape index (κ3) is 5.78. The molecule has 220 valence electrons. The molecule has 1 aliphatic carbocycles. The highest BCUT2D eigenvalue weighted by Crippen LogP contribution is 2.36. The van der Waals surface area contributed by atoms with Gasteiger partial charge in [0.1, 0.15) is 30.1 Å². The first-order chi connectivity index (χ1) is 20.1. The monoisotopic (exact) mass is 584 g/mol. The van der Waals surface area contributed by atoms with E-state index in [9.17, 15) is 9.59 Å². The van der Waals surface area contributed by atoms with Gasteiger partial charge >= 0.3 is 0 Å². The van der Waals surface area contributed by atoms with Crippen LogP contribution < -0.4 is 10.2 Å². The van der Waals surface area contributed by atoms with Gasteiger partial charge in [-0.2, -0.15) is 0 Å². The van der Waals surface area contributed by atoms with Crippen LogP contribution in [0.2, 0.25) is 13.1 Å². The number of anilines is 2. The van der Waals surface area contributed by atoms with Gasteiger partial charge < -0.3 is 23.9 Å². The van der Waals surface area contributed by atoms with E-state index in [4.69, 9.17) is 14.1 Å². The molecular weight excluding hydrogens is 544 g/mol. The van der Waals surface area contributed by atoms with Gasteiger partial charge in [0.15, 0.2) is 9.04 Å². The summed E-state index contributed by atoms with van der Waals surface area (Å²) in [6, 6.07) is 14.0. The van der Waals surface area contributed by atoms with E-state index < -0.39 is 15.1 Å². The molecule has 42 heavy (non-hydrogen) atoms. The number of aromatic nitrogens is 2. The molecule has 0 radical (unpaired) electrons. The summed E-state index contributed by atoms with van der Waals surface area (Å²) in [5.41, 5.74) is 5.63. The van der Waals surface area contributed by atoms with Gasteiger partial charge in [-0.25, -0.2) is 9.78 Å². The normalized spacial score (nSPS) is 17.5. The molecular formula is C33H40N4O4Si. The topological polar surface area (TPSA) is 85.7 Å². The van der Waals surface area contributed by atoms with Crippen LogP contribution in [0.15, 0.2) is 71.5 Å². The number of hydrogen-bond acceptors (Lipinski definition) is 6. The van der Waals surface area contributed by atoms with E-state index in [-0.39, 0.29) is 11.3 Å². The van der Waals surface area contributed by atoms with Crippen LogP contribution in [-0.4, -0.2) is 50.2 Å². The maximum atomic E-state index is 13.8. The van der Waals surface area contributed by atoms with Crippen LogP contribution >= 0.6 is 0 Å². The van der Waals surface area contributed by atoms with Gasteiger partial charge in [-0.15, -0.1) is 0 Å². The number of carbonyl (C=O) groups is 1. The van der Waals surface area contributed by atoms with Gasteiger partial charge in [0.25, 0.3) is 5.91 Å². The predicted molar refractivity (Wildman–Crippen MR) is 170 cm³/mol. The summed E-state index contributed by atoms with van der Waals surface area (Å²) in [7, 11) is 0.247. The number of allylic oxidation sites excluding steroid dienone is 2. The molecule has 2 heterocycles. The smallest absolute Gasteiger partial charge is 0.254 e. The van der Waals surface area contributed by atoms with Crippen LogP contribution in [0.25, 0.3) is 11.0 Å². The molecule has 0 fully saturated rings. The molecule has 1 unspecified atom stereocenters. The fourth-order valence-electron chi connectivity index (χ4n) is 5.73. The van der Waals surface area contributed by atoms with Crippen molar-refractivity contribution >= 4 is 43.3 Å². The molecule has 0 bridgehead atoms. The number of methoxy groups -OCH3 is 1. The lowest BCUT2D eigenvalue weighted by molar-refractivity contribution is -0.113. The molecule has 0 spiro atoms. The van der Waals surface area contributed by atoms with Crippen LogP contribution in [0, 0.1) is 0 Å². The average molecular weight is 585 g/mol. The summed E-state index contributed by atoms with van der Waals surface area (Å²) in [6.45, 7) is 11.8. The van der Waals surface area contributed by atoms with Gasteiger partial charge in [-0.05, 0) is 68.3 Å². The molecule has 8 nitrogen and oxygen atoms in total. The van der Waals surface area contributed by atoms with E-state index in [1.165, 1.54) is 12.7 Å². The second-order valence-corrected chi connectivity index (χ2v) is 14.6. The van der Waals surface area contributed by atoms with Crippen LogP contribution in [0.5, 0.6) is 0 Å². The van der Waals surface area contributed by atoms with Gasteiger partial charge in [0, 0.05) is 24.8 Å². The van der Waals surface area contributed by atoms with Crippen molar-refractivity contribution < 1.29 is 18.8 Å². The Morgan fingerprint density at radius 1 is 1.12 bits per heavy atom. The Morgan fingerprint density at radius 2 is 1.90 bits per heavy atom. The number of aryl methyl sites for hydroxylation is 1. The number of para-hydroxylation sites is 2. The minimum atomic E-state index is -1.27. The summed E-state index contributed by atoms with van der Waals surface area (Å²) in [5, 5.41) is 3.06. The quantitative estimate of drug-likeness (QED) is 0.285. The number of nitrogens with one attached hydrogen (secondary N) is 1. The fourth-order valence-corrected chi connectivity index (χ4v) is 6.17. The Morgan fingerprint density at radius 3 is 2.62 bits per heavy atom. The number of nitrogens with zero attached hydrogens (tertiary/aromatic N) is 3. The Balaban J connectivity index is 1.51. The number of fused-ring (bicyclic) bond motifs is 2. The molecule has 0 saturated heterocycles. The predicted octanol–water partition coefficient (Wildman–Crippen LogP) is 5.67. The van der Waals surface area contributed by atoms with Gasteiger partial charge in [0.2, 0.25) is 0 Å². The van der Waals surface area contributed by atoms with E-state index in [1.54, 1.807) is 6.08 Å².